The molecule has 1 rings (SSSR count). The Bertz CT molecular complexity index is 145. The fourth-order valence-corrected chi connectivity index (χ4v) is 1.24. The number of rotatable bonds is 2. The minimum Gasteiger partial charge on any atom is -0.349 e. The summed E-state index contributed by atoms with van der Waals surface area (Å²) < 4.78 is 0. The van der Waals surface area contributed by atoms with Crippen LogP contribution in [0.4, 0.5) is 0 Å². The molecule has 0 aliphatic heterocycles. The Balaban J connectivity index is 2.39. The summed E-state index contributed by atoms with van der Waals surface area (Å²) in [5, 5.41) is 2.50. The van der Waals surface area contributed by atoms with Crippen molar-refractivity contribution < 1.29 is 9.59 Å². The fraction of sp³-hybridized carbons (Fsp3) is 0.714. The van der Waals surface area contributed by atoms with Crippen LogP contribution in [0, 0.1) is 0 Å². The van der Waals surface area contributed by atoms with Gasteiger partial charge < -0.3 is 5.32 Å². The van der Waals surface area contributed by atoms with Gasteiger partial charge in [0.2, 0.25) is 6.41 Å². The molecule has 10 heavy (non-hydrogen) atoms. The van der Waals surface area contributed by atoms with Gasteiger partial charge in [-0.25, -0.2) is 0 Å². The largest absolute Gasteiger partial charge is 0.349 e. The number of hydrogen-bond acceptors (Lipinski definition) is 2. The van der Waals surface area contributed by atoms with E-state index in [4.69, 9.17) is 0 Å². The van der Waals surface area contributed by atoms with Crippen LogP contribution < -0.4 is 5.32 Å². The maximum Gasteiger partial charge on any atom is 0.207 e. The Morgan fingerprint density at radius 2 is 2.30 bits per heavy atom. The summed E-state index contributed by atoms with van der Waals surface area (Å²) in [6.07, 6.45) is 4.09. The first kappa shape index (κ1) is 7.25. The van der Waals surface area contributed by atoms with Crippen molar-refractivity contribution in [1.82, 2.24) is 5.32 Å². The molecule has 3 nitrogen and oxygen atoms in total. The summed E-state index contributed by atoms with van der Waals surface area (Å²) in [7, 11) is 0. The number of nitrogens with one attached hydrogen (secondary N) is 1. The van der Waals surface area contributed by atoms with E-state index in [0.717, 1.165) is 19.3 Å². The van der Waals surface area contributed by atoms with Crippen molar-refractivity contribution in [2.75, 3.05) is 0 Å². The van der Waals surface area contributed by atoms with Crippen LogP contribution in [0.1, 0.15) is 25.7 Å². The number of carbonyl (C=O) groups is 2. The molecule has 1 saturated carbocycles. The van der Waals surface area contributed by atoms with Crippen LogP contribution in [0.5, 0.6) is 0 Å². The van der Waals surface area contributed by atoms with Crippen molar-refractivity contribution in [1.29, 1.82) is 0 Å². The van der Waals surface area contributed by atoms with E-state index in [1.165, 1.54) is 0 Å². The molecule has 0 radical (unpaired) electrons. The molecule has 0 heterocycles. The van der Waals surface area contributed by atoms with E-state index in [1.54, 1.807) is 0 Å². The SMILES string of the molecule is O=CNC1CCCCC1=O. The molecule has 1 fully saturated rings. The smallest absolute Gasteiger partial charge is 0.207 e. The molecule has 0 aromatic carbocycles. The number of carbonyl (C=O) groups excluding carboxylic acids is 2. The topological polar surface area (TPSA) is 46.2 Å². The summed E-state index contributed by atoms with van der Waals surface area (Å²) in [5.41, 5.74) is 0. The van der Waals surface area contributed by atoms with Crippen molar-refractivity contribution >= 4 is 12.2 Å². The molecule has 1 amide bonds. The van der Waals surface area contributed by atoms with E-state index in [1.807, 2.05) is 0 Å². The van der Waals surface area contributed by atoms with Gasteiger partial charge in [0.15, 0.2) is 5.78 Å². The first-order valence-electron chi connectivity index (χ1n) is 3.57. The van der Waals surface area contributed by atoms with E-state index in [-0.39, 0.29) is 11.8 Å². The summed E-state index contributed by atoms with van der Waals surface area (Å²) in [6.45, 7) is 0. The molecule has 1 N–H and O–H groups in total. The Hall–Kier alpha value is -0.860. The number of Topliss-reactive ketones (excluding diaryl/α,β-unsaturated/α-hetero) is 1. The van der Waals surface area contributed by atoms with Gasteiger partial charge in [-0.3, -0.25) is 9.59 Å². The molecule has 1 atom stereocenters. The Kier molecular flexibility index (Phi) is 2.42. The van der Waals surface area contributed by atoms with Crippen LogP contribution in [0.3, 0.4) is 0 Å². The highest BCUT2D eigenvalue weighted by molar-refractivity contribution is 5.86. The molecule has 56 valence electrons. The third kappa shape index (κ3) is 1.56. The number of hydrogen-bond donors (Lipinski definition) is 1. The summed E-state index contributed by atoms with van der Waals surface area (Å²) in [4.78, 5) is 20.9. The van der Waals surface area contributed by atoms with E-state index in [2.05, 4.69) is 5.32 Å². The number of amides is 1. The van der Waals surface area contributed by atoms with Crippen molar-refractivity contribution in [3.8, 4) is 0 Å². The van der Waals surface area contributed by atoms with Crippen molar-refractivity contribution in [2.24, 2.45) is 0 Å². The average Bonchev–Trinajstić information content (AvgIpc) is 1.94. The molecule has 0 saturated heterocycles. The van der Waals surface area contributed by atoms with Gasteiger partial charge in [-0.15, -0.1) is 0 Å². The molecule has 0 aromatic heterocycles. The van der Waals surface area contributed by atoms with E-state index in [0.29, 0.717) is 12.8 Å². The molecule has 1 aliphatic carbocycles. The lowest BCUT2D eigenvalue weighted by atomic mass is 9.94. The molecule has 1 aliphatic rings. The first-order chi connectivity index (χ1) is 4.84. The molecule has 1 unspecified atom stereocenters. The van der Waals surface area contributed by atoms with Gasteiger partial charge in [-0.1, -0.05) is 6.42 Å². The van der Waals surface area contributed by atoms with E-state index >= 15 is 0 Å². The molecule has 0 bridgehead atoms. The number of ketones is 1. The summed E-state index contributed by atoms with van der Waals surface area (Å²) in [6, 6.07) is -0.189. The second-order valence-corrected chi connectivity index (χ2v) is 2.55. The van der Waals surface area contributed by atoms with Gasteiger partial charge in [0.25, 0.3) is 0 Å². The van der Waals surface area contributed by atoms with Gasteiger partial charge in [-0.2, -0.15) is 0 Å². The van der Waals surface area contributed by atoms with Gasteiger partial charge in [0.05, 0.1) is 6.04 Å². The first-order valence-corrected chi connectivity index (χ1v) is 3.57. The predicted octanol–water partition coefficient (Wildman–Crippen LogP) is 0.244. The van der Waals surface area contributed by atoms with Gasteiger partial charge in [-0.05, 0) is 12.8 Å². The lowest BCUT2D eigenvalue weighted by Crippen LogP contribution is -2.37. The van der Waals surface area contributed by atoms with Crippen molar-refractivity contribution in [3.63, 3.8) is 0 Å². The quantitative estimate of drug-likeness (QED) is 0.560. The maximum absolute atomic E-state index is 11.0. The van der Waals surface area contributed by atoms with Crippen LogP contribution in [-0.4, -0.2) is 18.2 Å². The molecule has 0 aromatic rings. The third-order valence-electron chi connectivity index (χ3n) is 1.82. The third-order valence-corrected chi connectivity index (χ3v) is 1.82. The van der Waals surface area contributed by atoms with Gasteiger partial charge >= 0.3 is 0 Å². The van der Waals surface area contributed by atoms with Crippen molar-refractivity contribution in [3.05, 3.63) is 0 Å². The fourth-order valence-electron chi connectivity index (χ4n) is 1.24. The molecular formula is C7H11NO2. The molecule has 3 heteroatoms. The zero-order valence-corrected chi connectivity index (χ0v) is 5.80. The Labute approximate surface area is 59.8 Å². The highest BCUT2D eigenvalue weighted by Gasteiger charge is 2.20. The highest BCUT2D eigenvalue weighted by Crippen LogP contribution is 2.13. The second kappa shape index (κ2) is 3.34. The predicted molar refractivity (Wildman–Crippen MR) is 36.5 cm³/mol. The zero-order valence-electron chi connectivity index (χ0n) is 5.80. The van der Waals surface area contributed by atoms with E-state index < -0.39 is 0 Å². The minimum atomic E-state index is -0.189. The maximum atomic E-state index is 11.0. The Morgan fingerprint density at radius 1 is 1.50 bits per heavy atom. The normalized spacial score (nSPS) is 26.0. The lowest BCUT2D eigenvalue weighted by molar-refractivity contribution is -0.124. The standard InChI is InChI=1S/C7H11NO2/c9-5-8-6-3-1-2-4-7(6)10/h5-6H,1-4H2,(H,8,9). The lowest BCUT2D eigenvalue weighted by Gasteiger charge is -2.18. The van der Waals surface area contributed by atoms with Crippen LogP contribution >= 0.6 is 0 Å². The second-order valence-electron chi connectivity index (χ2n) is 2.55. The highest BCUT2D eigenvalue weighted by atomic mass is 16.1. The van der Waals surface area contributed by atoms with Crippen LogP contribution in [0.25, 0.3) is 0 Å². The van der Waals surface area contributed by atoms with Crippen LogP contribution in [0.2, 0.25) is 0 Å². The van der Waals surface area contributed by atoms with Crippen LogP contribution in [-0.2, 0) is 9.59 Å². The molecule has 0 spiro atoms. The van der Waals surface area contributed by atoms with Gasteiger partial charge in [0, 0.05) is 6.42 Å². The molecular weight excluding hydrogens is 130 g/mol. The summed E-state index contributed by atoms with van der Waals surface area (Å²) in [5.74, 6) is 0.179. The van der Waals surface area contributed by atoms with Gasteiger partial charge in [0.1, 0.15) is 0 Å². The van der Waals surface area contributed by atoms with E-state index in [9.17, 15) is 9.59 Å². The Morgan fingerprint density at radius 3 is 2.90 bits per heavy atom. The minimum absolute atomic E-state index is 0.179. The van der Waals surface area contributed by atoms with Crippen LogP contribution in [0.15, 0.2) is 0 Å². The average molecular weight is 141 g/mol. The van der Waals surface area contributed by atoms with Crippen molar-refractivity contribution in [2.45, 2.75) is 31.7 Å². The zero-order chi connectivity index (χ0) is 7.40. The summed E-state index contributed by atoms with van der Waals surface area (Å²) >= 11 is 0. The monoisotopic (exact) mass is 141 g/mol.